The smallest absolute Gasteiger partial charge is 0.142 e. The van der Waals surface area contributed by atoms with Gasteiger partial charge in [0.15, 0.2) is 0 Å². The van der Waals surface area contributed by atoms with Crippen LogP contribution < -0.4 is 9.64 Å². The van der Waals surface area contributed by atoms with E-state index in [4.69, 9.17) is 10.00 Å². The average molecular weight is 232 g/mol. The van der Waals surface area contributed by atoms with Crippen LogP contribution in [0.2, 0.25) is 0 Å². The highest BCUT2D eigenvalue weighted by atomic mass is 16.5. The number of hydrogen-bond acceptors (Lipinski definition) is 3. The molecule has 0 saturated heterocycles. The van der Waals surface area contributed by atoms with E-state index in [1.807, 2.05) is 26.1 Å². The van der Waals surface area contributed by atoms with Gasteiger partial charge in [-0.1, -0.05) is 13.0 Å². The van der Waals surface area contributed by atoms with Gasteiger partial charge in [-0.05, 0) is 31.0 Å². The number of rotatable bonds is 5. The number of nitriles is 1. The third kappa shape index (κ3) is 3.39. The summed E-state index contributed by atoms with van der Waals surface area (Å²) < 4.78 is 5.35. The topological polar surface area (TPSA) is 36.3 Å². The van der Waals surface area contributed by atoms with E-state index >= 15 is 0 Å². The van der Waals surface area contributed by atoms with Crippen LogP contribution in [0.5, 0.6) is 5.75 Å². The molecule has 1 aromatic carbocycles. The van der Waals surface area contributed by atoms with Crippen LogP contribution in [0, 0.1) is 24.2 Å². The van der Waals surface area contributed by atoms with Crippen LogP contribution in [0.25, 0.3) is 0 Å². The van der Waals surface area contributed by atoms with Gasteiger partial charge in [-0.3, -0.25) is 0 Å². The van der Waals surface area contributed by atoms with E-state index < -0.39 is 0 Å². The van der Waals surface area contributed by atoms with Gasteiger partial charge in [-0.15, -0.1) is 0 Å². The highest BCUT2D eigenvalue weighted by molar-refractivity contribution is 5.59. The van der Waals surface area contributed by atoms with Crippen molar-refractivity contribution in [3.8, 4) is 11.8 Å². The predicted octanol–water partition coefficient (Wildman–Crippen LogP) is 2.99. The second kappa shape index (κ2) is 6.15. The molecule has 1 atom stereocenters. The largest absolute Gasteiger partial charge is 0.495 e. The average Bonchev–Trinajstić information content (AvgIpc) is 2.35. The number of methoxy groups -OCH3 is 1. The Balaban J connectivity index is 2.91. The summed E-state index contributed by atoms with van der Waals surface area (Å²) in [5, 5.41) is 8.99. The van der Waals surface area contributed by atoms with Gasteiger partial charge in [-0.25, -0.2) is 0 Å². The Morgan fingerprint density at radius 2 is 2.18 bits per heavy atom. The van der Waals surface area contributed by atoms with E-state index in [-0.39, 0.29) is 5.92 Å². The van der Waals surface area contributed by atoms with E-state index in [0.29, 0.717) is 0 Å². The first kappa shape index (κ1) is 13.4. The van der Waals surface area contributed by atoms with Gasteiger partial charge in [0.2, 0.25) is 0 Å². The normalized spacial score (nSPS) is 11.7. The van der Waals surface area contributed by atoms with Crippen LogP contribution in [0.4, 0.5) is 5.69 Å². The molecular weight excluding hydrogens is 212 g/mol. The number of ether oxygens (including phenoxy) is 1. The second-order valence-corrected chi connectivity index (χ2v) is 4.29. The minimum absolute atomic E-state index is 0.0604. The van der Waals surface area contributed by atoms with Crippen molar-refractivity contribution in [2.75, 3.05) is 25.6 Å². The molecule has 17 heavy (non-hydrogen) atoms. The van der Waals surface area contributed by atoms with Crippen LogP contribution in [0.15, 0.2) is 18.2 Å². The summed E-state index contributed by atoms with van der Waals surface area (Å²) in [5.74, 6) is 0.913. The first-order valence-corrected chi connectivity index (χ1v) is 5.87. The zero-order valence-electron chi connectivity index (χ0n) is 11.0. The van der Waals surface area contributed by atoms with Gasteiger partial charge in [0.25, 0.3) is 0 Å². The summed E-state index contributed by atoms with van der Waals surface area (Å²) in [6.07, 6.45) is 0.870. The zero-order valence-corrected chi connectivity index (χ0v) is 11.0. The summed E-state index contributed by atoms with van der Waals surface area (Å²) >= 11 is 0. The molecule has 0 amide bonds. The minimum atomic E-state index is 0.0604. The maximum atomic E-state index is 8.99. The van der Waals surface area contributed by atoms with Crippen LogP contribution in [-0.2, 0) is 0 Å². The standard InChI is InChI=1S/C14H20N2O/c1-5-12(9-15)10-16(3)13-8-11(2)6-7-14(13)17-4/h6-8,12H,5,10H2,1-4H3. The monoisotopic (exact) mass is 232 g/mol. The maximum Gasteiger partial charge on any atom is 0.142 e. The molecule has 0 aromatic heterocycles. The Morgan fingerprint density at radius 3 is 2.71 bits per heavy atom. The van der Waals surface area contributed by atoms with E-state index in [1.165, 1.54) is 5.56 Å². The Labute approximate surface area is 104 Å². The van der Waals surface area contributed by atoms with Gasteiger partial charge in [0.1, 0.15) is 5.75 Å². The van der Waals surface area contributed by atoms with Gasteiger partial charge in [0, 0.05) is 13.6 Å². The van der Waals surface area contributed by atoms with E-state index in [9.17, 15) is 0 Å². The molecule has 1 rings (SSSR count). The van der Waals surface area contributed by atoms with Crippen LogP contribution >= 0.6 is 0 Å². The molecule has 1 unspecified atom stereocenters. The highest BCUT2D eigenvalue weighted by Gasteiger charge is 2.13. The Morgan fingerprint density at radius 1 is 1.47 bits per heavy atom. The van der Waals surface area contributed by atoms with Crippen molar-refractivity contribution in [2.24, 2.45) is 5.92 Å². The summed E-state index contributed by atoms with van der Waals surface area (Å²) in [6.45, 7) is 4.82. The minimum Gasteiger partial charge on any atom is -0.495 e. The predicted molar refractivity (Wildman–Crippen MR) is 70.4 cm³/mol. The maximum absolute atomic E-state index is 8.99. The molecule has 0 bridgehead atoms. The lowest BCUT2D eigenvalue weighted by Crippen LogP contribution is -2.24. The molecule has 0 aliphatic carbocycles. The molecule has 3 heteroatoms. The molecule has 1 aromatic rings. The fraction of sp³-hybridized carbons (Fsp3) is 0.500. The van der Waals surface area contributed by atoms with Crippen molar-refractivity contribution in [1.29, 1.82) is 5.26 Å². The van der Waals surface area contributed by atoms with Crippen LogP contribution in [-0.4, -0.2) is 20.7 Å². The lowest BCUT2D eigenvalue weighted by molar-refractivity contribution is 0.414. The molecule has 0 spiro atoms. The van der Waals surface area contributed by atoms with Crippen molar-refractivity contribution in [3.63, 3.8) is 0 Å². The van der Waals surface area contributed by atoms with Crippen molar-refractivity contribution in [3.05, 3.63) is 23.8 Å². The lowest BCUT2D eigenvalue weighted by atomic mass is 10.1. The molecule has 0 aliphatic rings. The molecule has 0 N–H and O–H groups in total. The molecule has 0 aliphatic heterocycles. The molecule has 3 nitrogen and oxygen atoms in total. The zero-order chi connectivity index (χ0) is 12.8. The Hall–Kier alpha value is -1.69. The van der Waals surface area contributed by atoms with E-state index in [2.05, 4.69) is 24.0 Å². The number of benzene rings is 1. The number of nitrogens with zero attached hydrogens (tertiary/aromatic N) is 2. The second-order valence-electron chi connectivity index (χ2n) is 4.29. The Bertz CT molecular complexity index is 409. The van der Waals surface area contributed by atoms with Crippen molar-refractivity contribution in [2.45, 2.75) is 20.3 Å². The summed E-state index contributed by atoms with van der Waals surface area (Å²) in [5.41, 5.74) is 2.24. The van der Waals surface area contributed by atoms with Crippen LogP contribution in [0.3, 0.4) is 0 Å². The van der Waals surface area contributed by atoms with Gasteiger partial charge in [-0.2, -0.15) is 5.26 Å². The van der Waals surface area contributed by atoms with Gasteiger partial charge >= 0.3 is 0 Å². The first-order chi connectivity index (χ1) is 8.12. The summed E-state index contributed by atoms with van der Waals surface area (Å²) in [6, 6.07) is 8.40. The van der Waals surface area contributed by atoms with Crippen molar-refractivity contribution >= 4 is 5.69 Å². The molecule has 0 saturated carbocycles. The third-order valence-electron chi connectivity index (χ3n) is 2.92. The third-order valence-corrected chi connectivity index (χ3v) is 2.92. The van der Waals surface area contributed by atoms with Gasteiger partial charge < -0.3 is 9.64 Å². The van der Waals surface area contributed by atoms with Gasteiger partial charge in [0.05, 0.1) is 24.8 Å². The lowest BCUT2D eigenvalue weighted by Gasteiger charge is -2.24. The molecular formula is C14H20N2O. The highest BCUT2D eigenvalue weighted by Crippen LogP contribution is 2.28. The molecule has 0 heterocycles. The molecule has 0 fully saturated rings. The van der Waals surface area contributed by atoms with E-state index in [0.717, 1.165) is 24.4 Å². The first-order valence-electron chi connectivity index (χ1n) is 5.87. The SMILES string of the molecule is CCC(C#N)CN(C)c1cc(C)ccc1OC. The fourth-order valence-electron chi connectivity index (χ4n) is 1.79. The number of hydrogen-bond donors (Lipinski definition) is 0. The summed E-state index contributed by atoms with van der Waals surface area (Å²) in [4.78, 5) is 2.09. The number of aryl methyl sites for hydroxylation is 1. The summed E-state index contributed by atoms with van der Waals surface area (Å²) in [7, 11) is 3.67. The van der Waals surface area contributed by atoms with Crippen molar-refractivity contribution < 1.29 is 4.74 Å². The molecule has 92 valence electrons. The van der Waals surface area contributed by atoms with E-state index in [1.54, 1.807) is 7.11 Å². The number of anilines is 1. The van der Waals surface area contributed by atoms with Crippen molar-refractivity contribution in [1.82, 2.24) is 0 Å². The fourth-order valence-corrected chi connectivity index (χ4v) is 1.79. The van der Waals surface area contributed by atoms with Crippen LogP contribution in [0.1, 0.15) is 18.9 Å². The molecule has 0 radical (unpaired) electrons. The quantitative estimate of drug-likeness (QED) is 0.783. The Kier molecular flexibility index (Phi) is 4.84.